The fraction of sp³-hybridized carbons (Fsp3) is 0.432. The molecule has 54 heavy (non-hydrogen) atoms. The molecule has 10 heteroatoms. The number of nitrogens with zero attached hydrogens (tertiary/aromatic N) is 4. The van der Waals surface area contributed by atoms with Gasteiger partial charge in [-0.05, 0) is 76.9 Å². The van der Waals surface area contributed by atoms with E-state index in [1.165, 1.54) is 19.1 Å². The number of carbonyl (C=O) groups is 3. The molecule has 280 valence electrons. The van der Waals surface area contributed by atoms with E-state index in [9.17, 15) is 14.4 Å². The molecule has 3 aromatic rings. The molecule has 0 saturated carbocycles. The molecule has 0 aromatic carbocycles. The molecule has 0 radical (unpaired) electrons. The summed E-state index contributed by atoms with van der Waals surface area (Å²) in [6, 6.07) is 0. The Bertz CT molecular complexity index is 2210. The van der Waals surface area contributed by atoms with E-state index in [4.69, 9.17) is 29.7 Å². The molecule has 0 amide bonds. The third kappa shape index (κ3) is 7.52. The van der Waals surface area contributed by atoms with Crippen LogP contribution in [0.25, 0.3) is 35.2 Å². The van der Waals surface area contributed by atoms with Gasteiger partial charge in [0, 0.05) is 12.0 Å². The number of ketones is 1. The average molecular weight is 739 g/mol. The first-order chi connectivity index (χ1) is 25.4. The van der Waals surface area contributed by atoms with Crippen molar-refractivity contribution in [1.82, 2.24) is 15.0 Å². The van der Waals surface area contributed by atoms with Crippen LogP contribution in [0.5, 0.6) is 0 Å². The molecule has 9 nitrogen and oxygen atoms in total. The van der Waals surface area contributed by atoms with E-state index in [0.29, 0.717) is 40.2 Å². The summed E-state index contributed by atoms with van der Waals surface area (Å²) in [5, 5.41) is 6.79. The number of esters is 2. The molecule has 0 spiro atoms. The summed E-state index contributed by atoms with van der Waals surface area (Å²) in [5.74, 6) is -3.03. The minimum absolute atomic E-state index is 0. The van der Waals surface area contributed by atoms with Crippen LogP contribution in [0.15, 0.2) is 29.6 Å². The first-order valence-electron chi connectivity index (χ1n) is 18.9. The van der Waals surface area contributed by atoms with E-state index in [-0.39, 0.29) is 59.7 Å². The zero-order valence-electron chi connectivity index (χ0n) is 33.0. The third-order valence-corrected chi connectivity index (χ3v) is 11.3. The Morgan fingerprint density at radius 2 is 1.65 bits per heavy atom. The van der Waals surface area contributed by atoms with Gasteiger partial charge in [-0.3, -0.25) is 14.4 Å². The van der Waals surface area contributed by atoms with Crippen molar-refractivity contribution in [2.24, 2.45) is 17.8 Å². The Morgan fingerprint density at radius 1 is 0.926 bits per heavy atom. The Labute approximate surface area is 334 Å². The molecule has 6 rings (SSSR count). The van der Waals surface area contributed by atoms with Gasteiger partial charge >= 0.3 is 35.0 Å². The molecule has 3 aliphatic rings. The summed E-state index contributed by atoms with van der Waals surface area (Å²) >= 11 is 0. The number of fused-ring (bicyclic) bond motifs is 7. The van der Waals surface area contributed by atoms with Crippen molar-refractivity contribution in [1.29, 1.82) is 0 Å². The molecule has 3 atom stereocenters. The zero-order valence-corrected chi connectivity index (χ0v) is 34.4. The predicted molar refractivity (Wildman–Crippen MR) is 214 cm³/mol. The fourth-order valence-electron chi connectivity index (χ4n) is 8.03. The maximum atomic E-state index is 14.2. The molecule has 5 heterocycles. The van der Waals surface area contributed by atoms with Gasteiger partial charge in [-0.15, -0.1) is 33.5 Å². The van der Waals surface area contributed by atoms with Crippen LogP contribution in [0.1, 0.15) is 127 Å². The Hall–Kier alpha value is -4.28. The van der Waals surface area contributed by atoms with Crippen LogP contribution in [0.4, 0.5) is 0 Å². The van der Waals surface area contributed by atoms with Crippen molar-refractivity contribution >= 4 is 70.7 Å². The van der Waals surface area contributed by atoms with Crippen LogP contribution in [0, 0.1) is 38.5 Å². The standard InChI is InChI=1S/C44H51N4O5.Mg/c1-10-13-14-15-23(4)18-19-53-37(49)17-16-30-26(7)33-20-31-24(5)28(11-2)35(45-31)21-32-25(6)29(12-3)36(46-32)22-34-27(8)38-42(48-34)39(41(30)47-33)40(43(38)50)44(51)52-9;/h11,18,20-22,26,30,40H,2,10,12-17,19H2,1,3-9H3,(H-,47,48,50);/q-3;+2/p-1/b23-18+,32-21-,33-20-,36-22-;/t26-,30-,40+;/m0./s1. The second-order valence-electron chi connectivity index (χ2n) is 14.5. The number of aromatic nitrogens is 3. The molecule has 1 saturated heterocycles. The summed E-state index contributed by atoms with van der Waals surface area (Å²) in [5.41, 5.74) is 10.6. The largest absolute Gasteiger partial charge is 2.00 e. The minimum atomic E-state index is -1.21. The number of allylic oxidation sites excluding steroid dienone is 3. The van der Waals surface area contributed by atoms with Crippen LogP contribution in [-0.2, 0) is 25.5 Å². The summed E-state index contributed by atoms with van der Waals surface area (Å²) in [4.78, 5) is 56.0. The number of Topliss-reactive ketones (excluding diaryl/α,β-unsaturated/α-hetero) is 1. The summed E-state index contributed by atoms with van der Waals surface area (Å²) in [6.45, 7) is 18.7. The number of methoxy groups -OCH3 is 1. The van der Waals surface area contributed by atoms with Gasteiger partial charge < -0.3 is 29.7 Å². The van der Waals surface area contributed by atoms with Gasteiger partial charge in [0.05, 0.1) is 7.11 Å². The number of ether oxygens (including phenoxy) is 2. The average Bonchev–Trinajstić information content (AvgIpc) is 3.87. The normalized spacial score (nSPS) is 22.3. The van der Waals surface area contributed by atoms with Gasteiger partial charge in [0.2, 0.25) is 0 Å². The monoisotopic (exact) mass is 738 g/mol. The molecular formula is C44H50MgN4O5-2. The Morgan fingerprint density at radius 3 is 2.33 bits per heavy atom. The molecule has 0 N–H and O–H groups in total. The smallest absolute Gasteiger partial charge is 0.664 e. The summed E-state index contributed by atoms with van der Waals surface area (Å²) < 4.78 is 10.9. The van der Waals surface area contributed by atoms with E-state index >= 15 is 0 Å². The maximum Gasteiger partial charge on any atom is 2.00 e. The third-order valence-electron chi connectivity index (χ3n) is 11.3. The minimum Gasteiger partial charge on any atom is -0.664 e. The van der Waals surface area contributed by atoms with Crippen LogP contribution in [0.3, 0.4) is 0 Å². The number of carbonyl (C=O) groups excluding carboxylic acids is 3. The van der Waals surface area contributed by atoms with Crippen LogP contribution in [-0.4, -0.2) is 54.5 Å². The molecule has 1 aliphatic carbocycles. The van der Waals surface area contributed by atoms with Crippen molar-refractivity contribution in [3.8, 4) is 0 Å². The van der Waals surface area contributed by atoms with Crippen molar-refractivity contribution in [2.75, 3.05) is 13.7 Å². The van der Waals surface area contributed by atoms with E-state index in [1.54, 1.807) is 0 Å². The maximum absolute atomic E-state index is 14.2. The zero-order chi connectivity index (χ0) is 38.1. The van der Waals surface area contributed by atoms with Crippen LogP contribution in [0.2, 0.25) is 0 Å². The Balaban J connectivity index is 0.00000561. The van der Waals surface area contributed by atoms with E-state index < -0.39 is 11.9 Å². The van der Waals surface area contributed by atoms with E-state index in [2.05, 4.69) is 41.2 Å². The number of hydrogen-bond donors (Lipinski definition) is 0. The molecule has 2 aliphatic heterocycles. The number of hydrogen-bond acceptors (Lipinski definition) is 5. The molecule has 1 fully saturated rings. The Kier molecular flexibility index (Phi) is 12.9. The van der Waals surface area contributed by atoms with Crippen LogP contribution >= 0.6 is 0 Å². The first kappa shape index (κ1) is 40.9. The van der Waals surface area contributed by atoms with Gasteiger partial charge in [-0.1, -0.05) is 97.9 Å². The molecule has 3 aromatic heterocycles. The summed E-state index contributed by atoms with van der Waals surface area (Å²) in [7, 11) is 1.29. The van der Waals surface area contributed by atoms with Crippen molar-refractivity contribution < 1.29 is 23.9 Å². The SMILES string of the molecule is C=Cc1c2[n-]c(c1C)/C=C1\[N-]/C(=C3\c4[n-]c(c(C)c4C(=O)[C@@H]3C(=O)OC)/C=c3\[n-]/c(c(C)c3CC)=C\2)[C@@H](CCC(=O)OC/C=C(\C)CCCCC)[C@@H]1C.[Mg+2]. The van der Waals surface area contributed by atoms with Crippen molar-refractivity contribution in [2.45, 2.75) is 93.4 Å². The second kappa shape index (κ2) is 17.0. The van der Waals surface area contributed by atoms with Gasteiger partial charge in [0.25, 0.3) is 0 Å². The number of rotatable bonds is 12. The second-order valence-corrected chi connectivity index (χ2v) is 14.5. The van der Waals surface area contributed by atoms with Crippen molar-refractivity contribution in [3.63, 3.8) is 0 Å². The van der Waals surface area contributed by atoms with Crippen molar-refractivity contribution in [3.05, 3.63) is 102 Å². The molecular weight excluding hydrogens is 689 g/mol. The fourth-order valence-corrected chi connectivity index (χ4v) is 8.03. The number of unbranched alkanes of at least 4 members (excludes halogenated alkanes) is 2. The summed E-state index contributed by atoms with van der Waals surface area (Å²) in [6.07, 6.45) is 15.5. The van der Waals surface area contributed by atoms with Gasteiger partial charge in [-0.2, -0.15) is 11.4 Å². The van der Waals surface area contributed by atoms with Gasteiger partial charge in [0.1, 0.15) is 12.5 Å². The van der Waals surface area contributed by atoms with E-state index in [0.717, 1.165) is 75.7 Å². The van der Waals surface area contributed by atoms with Gasteiger partial charge in [-0.25, -0.2) is 0 Å². The predicted octanol–water partition coefficient (Wildman–Crippen LogP) is 6.51. The van der Waals surface area contributed by atoms with Crippen LogP contribution < -0.4 is 25.7 Å². The molecule has 0 unspecified atom stereocenters. The first-order valence-corrected chi connectivity index (χ1v) is 18.9. The van der Waals surface area contributed by atoms with Gasteiger partial charge in [0.15, 0.2) is 5.78 Å². The van der Waals surface area contributed by atoms with E-state index in [1.807, 2.05) is 44.2 Å². The molecule has 8 bridgehead atoms. The topological polar surface area (TPSA) is 126 Å². The quantitative estimate of drug-likeness (QED) is 0.0678.